The maximum atomic E-state index is 13.2. The Labute approximate surface area is 111 Å². The summed E-state index contributed by atoms with van der Waals surface area (Å²) in [6, 6.07) is 2.90. The molecule has 106 valence electrons. The lowest BCUT2D eigenvalue weighted by atomic mass is 10.3. The molecule has 19 heavy (non-hydrogen) atoms. The van der Waals surface area contributed by atoms with E-state index in [9.17, 15) is 22.4 Å². The highest BCUT2D eigenvalue weighted by Gasteiger charge is 2.17. The molecule has 0 fully saturated rings. The number of thioether (sulfide) groups is 1. The maximum absolute atomic E-state index is 13.2. The number of alkyl halides is 2. The number of rotatable bonds is 6. The summed E-state index contributed by atoms with van der Waals surface area (Å²) >= 11 is 0.801. The van der Waals surface area contributed by atoms with Gasteiger partial charge in [0.1, 0.15) is 17.7 Å². The molecule has 1 unspecified atom stereocenters. The van der Waals surface area contributed by atoms with Gasteiger partial charge in [0.05, 0.1) is 5.75 Å². The van der Waals surface area contributed by atoms with Crippen LogP contribution in [0, 0.1) is 11.6 Å². The first-order valence-corrected chi connectivity index (χ1v) is 6.19. The average Bonchev–Trinajstić information content (AvgIpc) is 2.34. The monoisotopic (exact) mass is 297 g/mol. The van der Waals surface area contributed by atoms with Gasteiger partial charge in [-0.2, -0.15) is 0 Å². The Morgan fingerprint density at radius 1 is 1.37 bits per heavy atom. The minimum absolute atomic E-state index is 0.0750. The van der Waals surface area contributed by atoms with Gasteiger partial charge < -0.3 is 10.4 Å². The number of amides is 1. The molecule has 0 radical (unpaired) electrons. The highest BCUT2D eigenvalue weighted by atomic mass is 32.2. The summed E-state index contributed by atoms with van der Waals surface area (Å²) in [6.45, 7) is -0.580. The number of halogens is 4. The van der Waals surface area contributed by atoms with Gasteiger partial charge in [-0.25, -0.2) is 17.6 Å². The highest BCUT2D eigenvalue weighted by Crippen LogP contribution is 2.21. The molecule has 0 heterocycles. The number of aliphatic hydroxyl groups excluding tert-OH is 1. The lowest BCUT2D eigenvalue weighted by Crippen LogP contribution is -2.36. The molecule has 2 N–H and O–H groups in total. The summed E-state index contributed by atoms with van der Waals surface area (Å²) in [4.78, 5) is 11.3. The molecule has 8 heteroatoms. The van der Waals surface area contributed by atoms with Gasteiger partial charge >= 0.3 is 0 Å². The molecule has 1 rings (SSSR count). The number of carbonyl (C=O) groups excluding carboxylic acids is 1. The third-order valence-electron chi connectivity index (χ3n) is 2.05. The Balaban J connectivity index is 2.38. The van der Waals surface area contributed by atoms with Gasteiger partial charge in [-0.1, -0.05) is 0 Å². The van der Waals surface area contributed by atoms with Crippen LogP contribution in [0.3, 0.4) is 0 Å². The second-order valence-corrected chi connectivity index (χ2v) is 4.59. The predicted molar refractivity (Wildman–Crippen MR) is 62.1 cm³/mol. The maximum Gasteiger partial charge on any atom is 0.265 e. The standard InChI is InChI=1S/C11H11F4NO2S/c12-6-1-2-9(7(13)3-6)19-5-10(18)16-4-8(17)11(14)15/h1-3,8,11,17H,4-5H2,(H,16,18). The van der Waals surface area contributed by atoms with E-state index in [0.29, 0.717) is 6.07 Å². The fourth-order valence-electron chi connectivity index (χ4n) is 1.09. The third kappa shape index (κ3) is 5.48. The minimum atomic E-state index is -2.94. The molecule has 0 aliphatic carbocycles. The second-order valence-electron chi connectivity index (χ2n) is 3.57. The zero-order chi connectivity index (χ0) is 14.4. The molecule has 1 atom stereocenters. The van der Waals surface area contributed by atoms with Crippen molar-refractivity contribution >= 4 is 17.7 Å². The van der Waals surface area contributed by atoms with Crippen molar-refractivity contribution in [2.75, 3.05) is 12.3 Å². The van der Waals surface area contributed by atoms with E-state index in [2.05, 4.69) is 5.32 Å². The van der Waals surface area contributed by atoms with Crippen LogP contribution in [0.1, 0.15) is 0 Å². The van der Waals surface area contributed by atoms with Crippen molar-refractivity contribution < 1.29 is 27.5 Å². The van der Waals surface area contributed by atoms with E-state index in [-0.39, 0.29) is 10.6 Å². The first-order chi connectivity index (χ1) is 8.90. The first kappa shape index (κ1) is 15.8. The van der Waals surface area contributed by atoms with Gasteiger partial charge in [0.15, 0.2) is 0 Å². The van der Waals surface area contributed by atoms with Crippen molar-refractivity contribution in [1.29, 1.82) is 0 Å². The van der Waals surface area contributed by atoms with E-state index >= 15 is 0 Å². The number of hydrogen-bond donors (Lipinski definition) is 2. The van der Waals surface area contributed by atoms with E-state index in [1.165, 1.54) is 6.07 Å². The fraction of sp³-hybridized carbons (Fsp3) is 0.364. The number of benzene rings is 1. The van der Waals surface area contributed by atoms with Gasteiger partial charge in [0.2, 0.25) is 5.91 Å². The van der Waals surface area contributed by atoms with Gasteiger partial charge in [-0.15, -0.1) is 11.8 Å². The molecular weight excluding hydrogens is 286 g/mol. The first-order valence-electron chi connectivity index (χ1n) is 5.21. The van der Waals surface area contributed by atoms with E-state index in [4.69, 9.17) is 5.11 Å². The largest absolute Gasteiger partial charge is 0.385 e. The molecule has 0 bridgehead atoms. The molecule has 1 aromatic rings. The Morgan fingerprint density at radius 2 is 2.05 bits per heavy atom. The molecule has 1 aromatic carbocycles. The van der Waals surface area contributed by atoms with Gasteiger partial charge in [-0.3, -0.25) is 4.79 Å². The Kier molecular flexibility index (Phi) is 6.10. The van der Waals surface area contributed by atoms with Crippen LogP contribution in [0.4, 0.5) is 17.6 Å². The molecule has 0 spiro atoms. The molecule has 0 aromatic heterocycles. The summed E-state index contributed by atoms with van der Waals surface area (Å²) < 4.78 is 49.7. The SMILES string of the molecule is O=C(CSc1ccc(F)cc1F)NCC(O)C(F)F. The summed E-state index contributed by atoms with van der Waals surface area (Å²) in [5, 5.41) is 10.8. The van der Waals surface area contributed by atoms with Crippen molar-refractivity contribution in [3.8, 4) is 0 Å². The highest BCUT2D eigenvalue weighted by molar-refractivity contribution is 8.00. The summed E-state index contributed by atoms with van der Waals surface area (Å²) in [7, 11) is 0. The summed E-state index contributed by atoms with van der Waals surface area (Å²) in [5.41, 5.74) is 0. The van der Waals surface area contributed by atoms with Crippen LogP contribution >= 0.6 is 11.8 Å². The lowest BCUT2D eigenvalue weighted by Gasteiger charge is -2.10. The zero-order valence-electron chi connectivity index (χ0n) is 9.58. The Bertz CT molecular complexity index is 445. The number of carbonyl (C=O) groups is 1. The molecule has 0 aliphatic rings. The van der Waals surface area contributed by atoms with Crippen LogP contribution in [0.15, 0.2) is 23.1 Å². The summed E-state index contributed by atoms with van der Waals surface area (Å²) in [6.07, 6.45) is -4.88. The van der Waals surface area contributed by atoms with Crippen LogP contribution in [-0.4, -0.2) is 35.8 Å². The van der Waals surface area contributed by atoms with Crippen molar-refractivity contribution in [1.82, 2.24) is 5.32 Å². The molecule has 3 nitrogen and oxygen atoms in total. The third-order valence-corrected chi connectivity index (χ3v) is 3.10. The van der Waals surface area contributed by atoms with Crippen molar-refractivity contribution in [2.45, 2.75) is 17.4 Å². The number of hydrogen-bond acceptors (Lipinski definition) is 3. The minimum Gasteiger partial charge on any atom is -0.385 e. The zero-order valence-corrected chi connectivity index (χ0v) is 10.4. The van der Waals surface area contributed by atoms with Crippen LogP contribution in [0.2, 0.25) is 0 Å². The molecule has 0 saturated heterocycles. The van der Waals surface area contributed by atoms with E-state index < -0.39 is 36.6 Å². The van der Waals surface area contributed by atoms with Gasteiger partial charge in [0, 0.05) is 17.5 Å². The normalized spacial score (nSPS) is 12.5. The lowest BCUT2D eigenvalue weighted by molar-refractivity contribution is -0.119. The van der Waals surface area contributed by atoms with Crippen molar-refractivity contribution in [3.63, 3.8) is 0 Å². The van der Waals surface area contributed by atoms with Crippen LogP contribution < -0.4 is 5.32 Å². The second kappa shape index (κ2) is 7.34. The fourth-order valence-corrected chi connectivity index (χ4v) is 1.84. The van der Waals surface area contributed by atoms with Crippen LogP contribution in [-0.2, 0) is 4.79 Å². The van der Waals surface area contributed by atoms with E-state index in [1.807, 2.05) is 0 Å². The Hall–Kier alpha value is -1.28. The molecule has 0 saturated carbocycles. The van der Waals surface area contributed by atoms with E-state index in [1.54, 1.807) is 0 Å². The van der Waals surface area contributed by atoms with Gasteiger partial charge in [-0.05, 0) is 12.1 Å². The van der Waals surface area contributed by atoms with Crippen LogP contribution in [0.5, 0.6) is 0 Å². The van der Waals surface area contributed by atoms with Gasteiger partial charge in [0.25, 0.3) is 6.43 Å². The summed E-state index contributed by atoms with van der Waals surface area (Å²) in [5.74, 6) is -2.39. The number of aliphatic hydroxyl groups is 1. The number of nitrogens with one attached hydrogen (secondary N) is 1. The smallest absolute Gasteiger partial charge is 0.265 e. The average molecular weight is 297 g/mol. The quantitative estimate of drug-likeness (QED) is 0.622. The molecular formula is C11H11F4NO2S. The van der Waals surface area contributed by atoms with Crippen molar-refractivity contribution in [2.24, 2.45) is 0 Å². The van der Waals surface area contributed by atoms with E-state index in [0.717, 1.165) is 17.8 Å². The topological polar surface area (TPSA) is 49.3 Å². The Morgan fingerprint density at radius 3 is 2.63 bits per heavy atom. The molecule has 1 amide bonds. The predicted octanol–water partition coefficient (Wildman–Crippen LogP) is 1.80. The molecule has 0 aliphatic heterocycles. The van der Waals surface area contributed by atoms with Crippen LogP contribution in [0.25, 0.3) is 0 Å². The van der Waals surface area contributed by atoms with Crippen molar-refractivity contribution in [3.05, 3.63) is 29.8 Å².